The Hall–Kier alpha value is -2.89. The van der Waals surface area contributed by atoms with Gasteiger partial charge in [-0.15, -0.1) is 0 Å². The van der Waals surface area contributed by atoms with Gasteiger partial charge in [-0.05, 0) is 19.8 Å². The van der Waals surface area contributed by atoms with Crippen molar-refractivity contribution < 1.29 is 4.79 Å². The summed E-state index contributed by atoms with van der Waals surface area (Å²) < 4.78 is 4.39. The molecule has 146 valence electrons. The molecule has 1 aromatic carbocycles. The van der Waals surface area contributed by atoms with Crippen LogP contribution < -0.4 is 0 Å². The molecule has 1 amide bonds. The number of imidazole rings is 2. The number of carbonyl (C=O) groups excluding carboxylic acids is 1. The molecule has 4 rings (SSSR count). The summed E-state index contributed by atoms with van der Waals surface area (Å²) in [5.74, 6) is 2.32. The monoisotopic (exact) mass is 377 g/mol. The zero-order valence-electron chi connectivity index (χ0n) is 16.6. The first-order valence-corrected chi connectivity index (χ1v) is 9.96. The molecule has 2 aromatic heterocycles. The van der Waals surface area contributed by atoms with Crippen molar-refractivity contribution in [3.05, 3.63) is 60.4 Å². The Balaban J connectivity index is 1.35. The average molecular weight is 377 g/mol. The third kappa shape index (κ3) is 3.72. The number of nitrogens with zero attached hydrogens (tertiary/aromatic N) is 5. The van der Waals surface area contributed by atoms with Gasteiger partial charge in [-0.25, -0.2) is 9.97 Å². The van der Waals surface area contributed by atoms with Gasteiger partial charge in [0.2, 0.25) is 5.91 Å². The van der Waals surface area contributed by atoms with Crippen LogP contribution in [0.2, 0.25) is 0 Å². The Bertz CT molecular complexity index is 943. The second kappa shape index (κ2) is 8.00. The maximum absolute atomic E-state index is 12.9. The van der Waals surface area contributed by atoms with Crippen LogP contribution in [0.3, 0.4) is 0 Å². The number of amides is 1. The third-order valence-corrected chi connectivity index (χ3v) is 5.67. The highest BCUT2D eigenvalue weighted by Gasteiger charge is 2.28. The molecule has 0 aliphatic carbocycles. The average Bonchev–Trinajstić information content (AvgIpc) is 3.33. The number of hydrogen-bond donors (Lipinski definition) is 0. The SMILES string of the molecule is Cc1nccn1CCCN(C)C(=O)C1CCn2c(cnc2-c2ccccc2)C1. The molecule has 1 atom stereocenters. The highest BCUT2D eigenvalue weighted by Crippen LogP contribution is 2.28. The molecule has 0 spiro atoms. The van der Waals surface area contributed by atoms with Crippen LogP contribution in [0.5, 0.6) is 0 Å². The minimum atomic E-state index is 0.0489. The van der Waals surface area contributed by atoms with Gasteiger partial charge in [0.1, 0.15) is 11.6 Å². The molecule has 3 aromatic rings. The van der Waals surface area contributed by atoms with E-state index in [2.05, 4.69) is 31.2 Å². The third-order valence-electron chi connectivity index (χ3n) is 5.67. The van der Waals surface area contributed by atoms with Gasteiger partial charge in [0.05, 0.1) is 0 Å². The summed E-state index contributed by atoms with van der Waals surface area (Å²) in [5.41, 5.74) is 2.29. The molecule has 6 nitrogen and oxygen atoms in total. The van der Waals surface area contributed by atoms with Gasteiger partial charge in [0, 0.05) is 68.9 Å². The number of aryl methyl sites for hydroxylation is 2. The summed E-state index contributed by atoms with van der Waals surface area (Å²) >= 11 is 0. The minimum Gasteiger partial charge on any atom is -0.345 e. The summed E-state index contributed by atoms with van der Waals surface area (Å²) in [4.78, 5) is 23.7. The molecule has 0 bridgehead atoms. The molecule has 6 heteroatoms. The van der Waals surface area contributed by atoms with Gasteiger partial charge in [0.25, 0.3) is 0 Å². The molecule has 0 fully saturated rings. The molecule has 0 saturated carbocycles. The lowest BCUT2D eigenvalue weighted by molar-refractivity contribution is -0.134. The van der Waals surface area contributed by atoms with E-state index in [1.807, 2.05) is 55.7 Å². The number of hydrogen-bond acceptors (Lipinski definition) is 3. The molecule has 1 aliphatic rings. The quantitative estimate of drug-likeness (QED) is 0.663. The Morgan fingerprint density at radius 1 is 1.25 bits per heavy atom. The first-order chi connectivity index (χ1) is 13.6. The van der Waals surface area contributed by atoms with E-state index in [0.29, 0.717) is 0 Å². The van der Waals surface area contributed by atoms with Crippen molar-refractivity contribution in [2.75, 3.05) is 13.6 Å². The van der Waals surface area contributed by atoms with E-state index >= 15 is 0 Å². The number of carbonyl (C=O) groups is 1. The van der Waals surface area contributed by atoms with Crippen LogP contribution in [-0.4, -0.2) is 43.5 Å². The summed E-state index contributed by atoms with van der Waals surface area (Å²) in [6, 6.07) is 10.3. The maximum Gasteiger partial charge on any atom is 0.225 e. The number of aromatic nitrogens is 4. The van der Waals surface area contributed by atoms with Crippen molar-refractivity contribution >= 4 is 5.91 Å². The topological polar surface area (TPSA) is 56.0 Å². The van der Waals surface area contributed by atoms with Gasteiger partial charge in [0.15, 0.2) is 0 Å². The van der Waals surface area contributed by atoms with Gasteiger partial charge < -0.3 is 14.0 Å². The smallest absolute Gasteiger partial charge is 0.225 e. The second-order valence-electron chi connectivity index (χ2n) is 7.56. The Morgan fingerprint density at radius 3 is 2.82 bits per heavy atom. The molecule has 0 N–H and O–H groups in total. The highest BCUT2D eigenvalue weighted by molar-refractivity contribution is 5.79. The molecular formula is C22H27N5O. The van der Waals surface area contributed by atoms with Gasteiger partial charge in [-0.3, -0.25) is 4.79 Å². The van der Waals surface area contributed by atoms with Crippen molar-refractivity contribution in [3.8, 4) is 11.4 Å². The van der Waals surface area contributed by atoms with Gasteiger partial charge in [-0.1, -0.05) is 30.3 Å². The summed E-state index contributed by atoms with van der Waals surface area (Å²) in [5, 5.41) is 0. The van der Waals surface area contributed by atoms with E-state index in [0.717, 1.165) is 61.8 Å². The summed E-state index contributed by atoms with van der Waals surface area (Å²) in [6.07, 6.45) is 8.31. The zero-order valence-corrected chi connectivity index (χ0v) is 16.6. The van der Waals surface area contributed by atoms with Crippen LogP contribution >= 0.6 is 0 Å². The van der Waals surface area contributed by atoms with Crippen molar-refractivity contribution in [3.63, 3.8) is 0 Å². The lowest BCUT2D eigenvalue weighted by Crippen LogP contribution is -2.37. The standard InChI is InChI=1S/C22H27N5O/c1-17-23-10-14-26(17)12-6-11-25(2)22(28)19-9-13-27-20(15-19)16-24-21(27)18-7-4-3-5-8-18/h3-5,7-8,10,14,16,19H,6,9,11-13,15H2,1-2H3. The predicted octanol–water partition coefficient (Wildman–Crippen LogP) is 3.17. The van der Waals surface area contributed by atoms with Crippen molar-refractivity contribution in [1.82, 2.24) is 24.0 Å². The highest BCUT2D eigenvalue weighted by atomic mass is 16.2. The normalized spacial score (nSPS) is 16.0. The van der Waals surface area contributed by atoms with Crippen LogP contribution in [0.15, 0.2) is 48.9 Å². The molecular weight excluding hydrogens is 350 g/mol. The number of benzene rings is 1. The van der Waals surface area contributed by atoms with Gasteiger partial charge >= 0.3 is 0 Å². The van der Waals surface area contributed by atoms with E-state index in [-0.39, 0.29) is 11.8 Å². The van der Waals surface area contributed by atoms with Crippen LogP contribution in [-0.2, 0) is 24.3 Å². The first-order valence-electron chi connectivity index (χ1n) is 9.96. The fourth-order valence-corrected chi connectivity index (χ4v) is 4.03. The Kier molecular flexibility index (Phi) is 5.28. The molecule has 28 heavy (non-hydrogen) atoms. The van der Waals surface area contributed by atoms with Crippen molar-refractivity contribution in [2.24, 2.45) is 5.92 Å². The van der Waals surface area contributed by atoms with E-state index in [1.54, 1.807) is 0 Å². The van der Waals surface area contributed by atoms with Crippen molar-refractivity contribution in [2.45, 2.75) is 39.3 Å². The van der Waals surface area contributed by atoms with E-state index < -0.39 is 0 Å². The lowest BCUT2D eigenvalue weighted by Gasteiger charge is -2.28. The number of fused-ring (bicyclic) bond motifs is 1. The molecule has 3 heterocycles. The second-order valence-corrected chi connectivity index (χ2v) is 7.56. The molecule has 1 aliphatic heterocycles. The zero-order chi connectivity index (χ0) is 19.5. The van der Waals surface area contributed by atoms with E-state index in [4.69, 9.17) is 0 Å². The van der Waals surface area contributed by atoms with Crippen molar-refractivity contribution in [1.29, 1.82) is 0 Å². The largest absolute Gasteiger partial charge is 0.345 e. The Labute approximate surface area is 165 Å². The number of rotatable bonds is 6. The Morgan fingerprint density at radius 2 is 2.07 bits per heavy atom. The molecule has 0 radical (unpaired) electrons. The molecule has 0 saturated heterocycles. The van der Waals surface area contributed by atoms with Gasteiger partial charge in [-0.2, -0.15) is 0 Å². The predicted molar refractivity (Wildman–Crippen MR) is 109 cm³/mol. The van der Waals surface area contributed by atoms with Crippen LogP contribution in [0.1, 0.15) is 24.4 Å². The lowest BCUT2D eigenvalue weighted by atomic mass is 9.94. The summed E-state index contributed by atoms with van der Waals surface area (Å²) in [7, 11) is 1.92. The van der Waals surface area contributed by atoms with E-state index in [1.165, 1.54) is 0 Å². The van der Waals surface area contributed by atoms with Crippen LogP contribution in [0.25, 0.3) is 11.4 Å². The fourth-order valence-electron chi connectivity index (χ4n) is 4.03. The fraction of sp³-hybridized carbons (Fsp3) is 0.409. The van der Waals surface area contributed by atoms with Crippen LogP contribution in [0.4, 0.5) is 0 Å². The first kappa shape index (κ1) is 18.5. The maximum atomic E-state index is 12.9. The summed E-state index contributed by atoms with van der Waals surface area (Å²) in [6.45, 7) is 4.50. The van der Waals surface area contributed by atoms with Crippen LogP contribution in [0, 0.1) is 12.8 Å². The molecule has 1 unspecified atom stereocenters. The minimum absolute atomic E-state index is 0.0489. The van der Waals surface area contributed by atoms with E-state index in [9.17, 15) is 4.79 Å².